The van der Waals surface area contributed by atoms with Crippen LogP contribution in [0.3, 0.4) is 0 Å². The number of rotatable bonds is 1. The molecule has 96 valence electrons. The number of hydrogen-bond acceptors (Lipinski definition) is 2. The molecule has 1 N–H and O–H groups in total. The van der Waals surface area contributed by atoms with E-state index in [1.54, 1.807) is 0 Å². The maximum atomic E-state index is 12.2. The van der Waals surface area contributed by atoms with Crippen molar-refractivity contribution in [3.8, 4) is 0 Å². The Hall–Kier alpha value is -1.26. The summed E-state index contributed by atoms with van der Waals surface area (Å²) >= 11 is 0. The standard InChI is InChI=1S/C12H20N2O3/c1-9-4-2-6-13(8-9)12(17)14-7-3-5-10(14)11(15)16/h9-10H,2-8H2,1H3,(H,15,16)/t9?,10-/m1/s1. The molecule has 0 aromatic carbocycles. The molecule has 0 aliphatic carbocycles. The monoisotopic (exact) mass is 240 g/mol. The van der Waals surface area contributed by atoms with Gasteiger partial charge < -0.3 is 14.9 Å². The zero-order valence-corrected chi connectivity index (χ0v) is 10.3. The molecule has 0 spiro atoms. The summed E-state index contributed by atoms with van der Waals surface area (Å²) in [6.45, 7) is 4.26. The van der Waals surface area contributed by atoms with Gasteiger partial charge in [0.25, 0.3) is 0 Å². The molecular weight excluding hydrogens is 220 g/mol. The fourth-order valence-corrected chi connectivity index (χ4v) is 2.80. The van der Waals surface area contributed by atoms with Crippen LogP contribution < -0.4 is 0 Å². The summed E-state index contributed by atoms with van der Waals surface area (Å²) < 4.78 is 0. The van der Waals surface area contributed by atoms with Crippen LogP contribution in [0.15, 0.2) is 0 Å². The number of carboxylic acids is 1. The van der Waals surface area contributed by atoms with E-state index in [9.17, 15) is 9.59 Å². The first-order valence-electron chi connectivity index (χ1n) is 6.38. The second-order valence-electron chi connectivity index (χ2n) is 5.17. The lowest BCUT2D eigenvalue weighted by molar-refractivity contribution is -0.141. The molecule has 2 amide bonds. The quantitative estimate of drug-likeness (QED) is 0.753. The molecule has 2 aliphatic heterocycles. The van der Waals surface area contributed by atoms with Crippen LogP contribution in [0.25, 0.3) is 0 Å². The summed E-state index contributed by atoms with van der Waals surface area (Å²) in [5.41, 5.74) is 0. The predicted molar refractivity (Wildman–Crippen MR) is 62.7 cm³/mol. The Labute approximate surface area is 101 Å². The van der Waals surface area contributed by atoms with Crippen molar-refractivity contribution < 1.29 is 14.7 Å². The predicted octanol–water partition coefficient (Wildman–Crippen LogP) is 1.39. The minimum atomic E-state index is -0.874. The van der Waals surface area contributed by atoms with Crippen molar-refractivity contribution in [2.45, 2.75) is 38.6 Å². The third-order valence-electron chi connectivity index (χ3n) is 3.71. The van der Waals surface area contributed by atoms with Gasteiger partial charge in [0.1, 0.15) is 6.04 Å². The van der Waals surface area contributed by atoms with E-state index in [0.717, 1.165) is 32.4 Å². The van der Waals surface area contributed by atoms with Gasteiger partial charge in [-0.15, -0.1) is 0 Å². The normalized spacial score (nSPS) is 29.5. The Bertz CT molecular complexity index is 319. The molecule has 2 aliphatic rings. The fraction of sp³-hybridized carbons (Fsp3) is 0.833. The van der Waals surface area contributed by atoms with Gasteiger partial charge in [0.05, 0.1) is 0 Å². The van der Waals surface area contributed by atoms with Crippen molar-refractivity contribution in [1.82, 2.24) is 9.80 Å². The molecule has 2 fully saturated rings. The molecule has 17 heavy (non-hydrogen) atoms. The first kappa shape index (κ1) is 12.2. The summed E-state index contributed by atoms with van der Waals surface area (Å²) in [6, 6.07) is -0.693. The highest BCUT2D eigenvalue weighted by Crippen LogP contribution is 2.22. The Morgan fingerprint density at radius 2 is 1.88 bits per heavy atom. The molecule has 0 bridgehead atoms. The topological polar surface area (TPSA) is 60.9 Å². The van der Waals surface area contributed by atoms with Gasteiger partial charge in [-0.1, -0.05) is 6.92 Å². The van der Waals surface area contributed by atoms with Crippen LogP contribution in [-0.2, 0) is 4.79 Å². The number of nitrogens with zero attached hydrogens (tertiary/aromatic N) is 2. The Morgan fingerprint density at radius 1 is 1.18 bits per heavy atom. The van der Waals surface area contributed by atoms with Crippen molar-refractivity contribution in [2.75, 3.05) is 19.6 Å². The molecule has 2 rings (SSSR count). The van der Waals surface area contributed by atoms with Gasteiger partial charge in [-0.3, -0.25) is 0 Å². The Balaban J connectivity index is 2.01. The summed E-state index contributed by atoms with van der Waals surface area (Å²) in [4.78, 5) is 26.6. The van der Waals surface area contributed by atoms with Crippen LogP contribution in [0.2, 0.25) is 0 Å². The summed E-state index contributed by atoms with van der Waals surface area (Å²) in [7, 11) is 0. The first-order valence-corrected chi connectivity index (χ1v) is 6.38. The lowest BCUT2D eigenvalue weighted by Gasteiger charge is -2.35. The third-order valence-corrected chi connectivity index (χ3v) is 3.71. The molecule has 5 nitrogen and oxygen atoms in total. The zero-order chi connectivity index (χ0) is 12.4. The summed E-state index contributed by atoms with van der Waals surface area (Å²) in [6.07, 6.45) is 3.57. The van der Waals surface area contributed by atoms with E-state index in [-0.39, 0.29) is 6.03 Å². The summed E-state index contributed by atoms with van der Waals surface area (Å²) in [5.74, 6) is -0.348. The minimum absolute atomic E-state index is 0.0820. The number of amides is 2. The van der Waals surface area contributed by atoms with Gasteiger partial charge >= 0.3 is 12.0 Å². The van der Waals surface area contributed by atoms with E-state index in [1.807, 2.05) is 4.90 Å². The van der Waals surface area contributed by atoms with Crippen LogP contribution in [0, 0.1) is 5.92 Å². The van der Waals surface area contributed by atoms with Crippen LogP contribution in [-0.4, -0.2) is 52.6 Å². The van der Waals surface area contributed by atoms with E-state index in [2.05, 4.69) is 6.92 Å². The van der Waals surface area contributed by atoms with Gasteiger partial charge in [-0.05, 0) is 31.6 Å². The molecule has 2 atom stereocenters. The number of carbonyl (C=O) groups excluding carboxylic acids is 1. The third kappa shape index (κ3) is 2.53. The summed E-state index contributed by atoms with van der Waals surface area (Å²) in [5, 5.41) is 9.07. The molecule has 5 heteroatoms. The largest absolute Gasteiger partial charge is 0.480 e. The lowest BCUT2D eigenvalue weighted by atomic mass is 10.0. The van der Waals surface area contributed by atoms with Crippen molar-refractivity contribution >= 4 is 12.0 Å². The highest BCUT2D eigenvalue weighted by molar-refractivity contribution is 5.83. The van der Waals surface area contributed by atoms with Crippen LogP contribution in [0.5, 0.6) is 0 Å². The first-order chi connectivity index (χ1) is 8.09. The van der Waals surface area contributed by atoms with E-state index in [4.69, 9.17) is 5.11 Å². The van der Waals surface area contributed by atoms with Crippen molar-refractivity contribution in [1.29, 1.82) is 0 Å². The number of piperidine rings is 1. The van der Waals surface area contributed by atoms with Crippen LogP contribution in [0.1, 0.15) is 32.6 Å². The molecule has 1 unspecified atom stereocenters. The molecular formula is C12H20N2O3. The fourth-order valence-electron chi connectivity index (χ4n) is 2.80. The number of hydrogen-bond donors (Lipinski definition) is 1. The van der Waals surface area contributed by atoms with Crippen molar-refractivity contribution in [3.63, 3.8) is 0 Å². The zero-order valence-electron chi connectivity index (χ0n) is 10.3. The van der Waals surface area contributed by atoms with E-state index < -0.39 is 12.0 Å². The lowest BCUT2D eigenvalue weighted by Crippen LogP contribution is -2.50. The number of carboxylic acid groups (broad SMARTS) is 1. The molecule has 2 saturated heterocycles. The van der Waals surface area contributed by atoms with E-state index >= 15 is 0 Å². The molecule has 0 aromatic rings. The van der Waals surface area contributed by atoms with Gasteiger partial charge in [-0.25, -0.2) is 9.59 Å². The average molecular weight is 240 g/mol. The van der Waals surface area contributed by atoms with Crippen LogP contribution >= 0.6 is 0 Å². The maximum absolute atomic E-state index is 12.2. The van der Waals surface area contributed by atoms with Gasteiger partial charge in [-0.2, -0.15) is 0 Å². The Kier molecular flexibility index (Phi) is 3.54. The number of aliphatic carboxylic acids is 1. The molecule has 0 aromatic heterocycles. The smallest absolute Gasteiger partial charge is 0.326 e. The average Bonchev–Trinajstić information content (AvgIpc) is 2.77. The molecule has 0 radical (unpaired) electrons. The highest BCUT2D eigenvalue weighted by atomic mass is 16.4. The van der Waals surface area contributed by atoms with E-state index in [1.165, 1.54) is 4.90 Å². The highest BCUT2D eigenvalue weighted by Gasteiger charge is 2.36. The SMILES string of the molecule is CC1CCCN(C(=O)N2CCC[C@@H]2C(=O)O)C1. The second kappa shape index (κ2) is 4.94. The molecule has 2 heterocycles. The maximum Gasteiger partial charge on any atom is 0.326 e. The van der Waals surface area contributed by atoms with Crippen LogP contribution in [0.4, 0.5) is 4.79 Å². The second-order valence-corrected chi connectivity index (χ2v) is 5.17. The van der Waals surface area contributed by atoms with Crippen molar-refractivity contribution in [2.24, 2.45) is 5.92 Å². The van der Waals surface area contributed by atoms with Gasteiger partial charge in [0.2, 0.25) is 0 Å². The van der Waals surface area contributed by atoms with Crippen molar-refractivity contribution in [3.05, 3.63) is 0 Å². The minimum Gasteiger partial charge on any atom is -0.480 e. The van der Waals surface area contributed by atoms with Gasteiger partial charge in [0.15, 0.2) is 0 Å². The Morgan fingerprint density at radius 3 is 2.53 bits per heavy atom. The number of carbonyl (C=O) groups is 2. The number of urea groups is 1. The van der Waals surface area contributed by atoms with Gasteiger partial charge in [0, 0.05) is 19.6 Å². The number of likely N-dealkylation sites (tertiary alicyclic amines) is 2. The molecule has 0 saturated carbocycles. The van der Waals surface area contributed by atoms with E-state index in [0.29, 0.717) is 18.9 Å².